The van der Waals surface area contributed by atoms with Crippen LogP contribution in [0.15, 0.2) is 24.3 Å². The molecular weight excluding hydrogens is 240 g/mol. The average molecular weight is 266 g/mol. The van der Waals surface area contributed by atoms with Crippen LogP contribution in [0.5, 0.6) is 5.75 Å². The normalized spacial score (nSPS) is 12.7. The van der Waals surface area contributed by atoms with Gasteiger partial charge in [0.05, 0.1) is 13.2 Å². The number of likely N-dealkylation sites (N-methyl/N-ethyl adjacent to an activating group) is 1. The molecule has 1 unspecified atom stereocenters. The van der Waals surface area contributed by atoms with E-state index in [9.17, 15) is 0 Å². The highest BCUT2D eigenvalue weighted by atomic mass is 16.5. The molecule has 4 heteroatoms. The lowest BCUT2D eigenvalue weighted by molar-refractivity contribution is 0.120. The van der Waals surface area contributed by atoms with Gasteiger partial charge >= 0.3 is 0 Å². The molecule has 108 valence electrons. The molecular formula is C15H26N2O2. The first-order chi connectivity index (χ1) is 9.17. The summed E-state index contributed by atoms with van der Waals surface area (Å²) >= 11 is 0. The molecule has 0 spiro atoms. The molecule has 1 rings (SSSR count). The predicted molar refractivity (Wildman–Crippen MR) is 78.5 cm³/mol. The number of nitrogens with zero attached hydrogens (tertiary/aromatic N) is 1. The fourth-order valence-electron chi connectivity index (χ4n) is 1.88. The molecule has 1 aromatic rings. The number of ether oxygens (including phenoxy) is 2. The molecule has 1 aromatic carbocycles. The van der Waals surface area contributed by atoms with Gasteiger partial charge in [0.25, 0.3) is 0 Å². The second-order valence-electron chi connectivity index (χ2n) is 4.57. The maximum Gasteiger partial charge on any atom is 0.119 e. The topological polar surface area (TPSA) is 47.7 Å². The maximum absolute atomic E-state index is 6.20. The first-order valence-electron chi connectivity index (χ1n) is 6.92. The van der Waals surface area contributed by atoms with E-state index >= 15 is 0 Å². The second-order valence-corrected chi connectivity index (χ2v) is 4.57. The number of hydrogen-bond donors (Lipinski definition) is 1. The van der Waals surface area contributed by atoms with Gasteiger partial charge in [0.2, 0.25) is 0 Å². The third-order valence-electron chi connectivity index (χ3n) is 2.95. The van der Waals surface area contributed by atoms with E-state index in [2.05, 4.69) is 11.9 Å². The zero-order valence-electron chi connectivity index (χ0n) is 12.3. The molecule has 0 aliphatic rings. The molecule has 0 aliphatic carbocycles. The summed E-state index contributed by atoms with van der Waals surface area (Å²) in [7, 11) is 2.06. The number of nitrogens with two attached hydrogens (primary N) is 1. The molecule has 0 bridgehead atoms. The van der Waals surface area contributed by atoms with Crippen molar-refractivity contribution in [3.63, 3.8) is 0 Å². The van der Waals surface area contributed by atoms with Gasteiger partial charge in [-0.05, 0) is 38.6 Å². The molecule has 1 atom stereocenters. The van der Waals surface area contributed by atoms with Crippen LogP contribution in [0.3, 0.4) is 0 Å². The van der Waals surface area contributed by atoms with Gasteiger partial charge in [-0.1, -0.05) is 12.1 Å². The maximum atomic E-state index is 6.20. The van der Waals surface area contributed by atoms with Crippen LogP contribution in [0.25, 0.3) is 0 Å². The Hall–Kier alpha value is -1.10. The minimum atomic E-state index is 0.0160. The van der Waals surface area contributed by atoms with Crippen molar-refractivity contribution < 1.29 is 9.47 Å². The van der Waals surface area contributed by atoms with Crippen LogP contribution in [-0.2, 0) is 4.74 Å². The predicted octanol–water partition coefficient (Wildman–Crippen LogP) is 2.05. The fourth-order valence-corrected chi connectivity index (χ4v) is 1.88. The molecule has 4 nitrogen and oxygen atoms in total. The Bertz CT molecular complexity index is 341. The highest BCUT2D eigenvalue weighted by molar-refractivity contribution is 5.29. The highest BCUT2D eigenvalue weighted by Gasteiger charge is 2.09. The van der Waals surface area contributed by atoms with Crippen LogP contribution >= 0.6 is 0 Å². The van der Waals surface area contributed by atoms with Crippen molar-refractivity contribution in [3.05, 3.63) is 29.8 Å². The summed E-state index contributed by atoms with van der Waals surface area (Å²) in [5.74, 6) is 0.892. The highest BCUT2D eigenvalue weighted by Crippen LogP contribution is 2.17. The van der Waals surface area contributed by atoms with Crippen molar-refractivity contribution in [1.82, 2.24) is 4.90 Å². The quantitative estimate of drug-likeness (QED) is 0.695. The molecule has 0 amide bonds. The summed E-state index contributed by atoms with van der Waals surface area (Å²) in [5.41, 5.74) is 7.33. The van der Waals surface area contributed by atoms with Crippen LogP contribution in [0.4, 0.5) is 0 Å². The minimum Gasteiger partial charge on any atom is -0.494 e. The van der Waals surface area contributed by atoms with E-state index in [-0.39, 0.29) is 6.04 Å². The van der Waals surface area contributed by atoms with E-state index in [0.29, 0.717) is 6.61 Å². The number of hydrogen-bond acceptors (Lipinski definition) is 4. The lowest BCUT2D eigenvalue weighted by Gasteiger charge is -2.21. The third kappa shape index (κ3) is 6.05. The van der Waals surface area contributed by atoms with Crippen LogP contribution in [0, 0.1) is 0 Å². The molecule has 0 heterocycles. The monoisotopic (exact) mass is 266 g/mol. The van der Waals surface area contributed by atoms with E-state index in [0.717, 1.165) is 37.6 Å². The average Bonchev–Trinajstić information content (AvgIpc) is 2.40. The zero-order chi connectivity index (χ0) is 14.1. The van der Waals surface area contributed by atoms with E-state index in [4.69, 9.17) is 15.2 Å². The Kier molecular flexibility index (Phi) is 7.48. The number of rotatable bonds is 9. The van der Waals surface area contributed by atoms with Crippen LogP contribution in [0.1, 0.15) is 25.5 Å². The smallest absolute Gasteiger partial charge is 0.119 e. The van der Waals surface area contributed by atoms with Crippen molar-refractivity contribution in [1.29, 1.82) is 0 Å². The van der Waals surface area contributed by atoms with Gasteiger partial charge in [0.1, 0.15) is 5.75 Å². The van der Waals surface area contributed by atoms with Crippen molar-refractivity contribution >= 4 is 0 Å². The summed E-state index contributed by atoms with van der Waals surface area (Å²) in [6.45, 7) is 7.91. The molecule has 0 radical (unpaired) electrons. The van der Waals surface area contributed by atoms with Crippen LogP contribution < -0.4 is 10.5 Å². The largest absolute Gasteiger partial charge is 0.494 e. The SMILES string of the molecule is CCOCCN(C)CC(N)c1ccc(OCC)cc1. The summed E-state index contributed by atoms with van der Waals surface area (Å²) in [6, 6.07) is 8.03. The molecule has 19 heavy (non-hydrogen) atoms. The lowest BCUT2D eigenvalue weighted by atomic mass is 10.1. The van der Waals surface area contributed by atoms with Crippen molar-refractivity contribution in [2.75, 3.05) is 40.0 Å². The summed E-state index contributed by atoms with van der Waals surface area (Å²) in [6.07, 6.45) is 0. The summed E-state index contributed by atoms with van der Waals surface area (Å²) < 4.78 is 10.8. The summed E-state index contributed by atoms with van der Waals surface area (Å²) in [5, 5.41) is 0. The third-order valence-corrected chi connectivity index (χ3v) is 2.95. The van der Waals surface area contributed by atoms with Crippen molar-refractivity contribution in [3.8, 4) is 5.75 Å². The van der Waals surface area contributed by atoms with Gasteiger partial charge in [-0.25, -0.2) is 0 Å². The molecule has 0 saturated heterocycles. The second kappa shape index (κ2) is 8.91. The Morgan fingerprint density at radius 2 is 1.84 bits per heavy atom. The number of benzene rings is 1. The zero-order valence-corrected chi connectivity index (χ0v) is 12.3. The van der Waals surface area contributed by atoms with Crippen molar-refractivity contribution in [2.24, 2.45) is 5.73 Å². The Morgan fingerprint density at radius 3 is 2.42 bits per heavy atom. The van der Waals surface area contributed by atoms with Gasteiger partial charge in [-0.3, -0.25) is 0 Å². The summed E-state index contributed by atoms with van der Waals surface area (Å²) in [4.78, 5) is 2.19. The van der Waals surface area contributed by atoms with Crippen LogP contribution in [-0.4, -0.2) is 44.9 Å². The van der Waals surface area contributed by atoms with Gasteiger partial charge in [0.15, 0.2) is 0 Å². The van der Waals surface area contributed by atoms with Crippen molar-refractivity contribution in [2.45, 2.75) is 19.9 Å². The van der Waals surface area contributed by atoms with E-state index < -0.39 is 0 Å². The van der Waals surface area contributed by atoms with E-state index in [1.165, 1.54) is 0 Å². The Balaban J connectivity index is 2.41. The molecule has 2 N–H and O–H groups in total. The molecule has 0 fully saturated rings. The Morgan fingerprint density at radius 1 is 1.16 bits per heavy atom. The molecule has 0 saturated carbocycles. The lowest BCUT2D eigenvalue weighted by Crippen LogP contribution is -2.31. The first kappa shape index (κ1) is 16.0. The van der Waals surface area contributed by atoms with Gasteiger partial charge in [-0.15, -0.1) is 0 Å². The Labute approximate surface area is 116 Å². The first-order valence-corrected chi connectivity index (χ1v) is 6.92. The van der Waals surface area contributed by atoms with Gasteiger partial charge in [-0.2, -0.15) is 0 Å². The van der Waals surface area contributed by atoms with Gasteiger partial charge < -0.3 is 20.1 Å². The molecule has 0 aromatic heterocycles. The van der Waals surface area contributed by atoms with E-state index in [1.54, 1.807) is 0 Å². The minimum absolute atomic E-state index is 0.0160. The molecule has 0 aliphatic heterocycles. The van der Waals surface area contributed by atoms with Crippen LogP contribution in [0.2, 0.25) is 0 Å². The van der Waals surface area contributed by atoms with Gasteiger partial charge in [0, 0.05) is 25.7 Å². The van der Waals surface area contributed by atoms with E-state index in [1.807, 2.05) is 38.1 Å². The fraction of sp³-hybridized carbons (Fsp3) is 0.600. The standard InChI is InChI=1S/C15H26N2O2/c1-4-18-11-10-17(3)12-15(16)13-6-8-14(9-7-13)19-5-2/h6-9,15H,4-5,10-12,16H2,1-3H3.